The highest BCUT2D eigenvalue weighted by atomic mass is 16.5. The maximum atomic E-state index is 9.25. The summed E-state index contributed by atoms with van der Waals surface area (Å²) >= 11 is 0. The number of aliphatic hydroxyl groups is 1. The SMILES string of the molecule is COCC(CO)Nc1nc(C2CC2)nc(N)c1C. The molecule has 100 valence electrons. The van der Waals surface area contributed by atoms with Crippen molar-refractivity contribution in [1.29, 1.82) is 0 Å². The lowest BCUT2D eigenvalue weighted by Crippen LogP contribution is -2.30. The average molecular weight is 252 g/mol. The van der Waals surface area contributed by atoms with Crippen LogP contribution < -0.4 is 11.1 Å². The summed E-state index contributed by atoms with van der Waals surface area (Å²) in [5, 5.41) is 12.4. The molecule has 18 heavy (non-hydrogen) atoms. The molecule has 1 aromatic heterocycles. The van der Waals surface area contributed by atoms with Gasteiger partial charge in [-0.25, -0.2) is 9.97 Å². The number of nitrogens with two attached hydrogens (primary N) is 1. The highest BCUT2D eigenvalue weighted by molar-refractivity contribution is 5.55. The van der Waals surface area contributed by atoms with Gasteiger partial charge in [-0.1, -0.05) is 0 Å². The second kappa shape index (κ2) is 5.49. The summed E-state index contributed by atoms with van der Waals surface area (Å²) in [6.45, 7) is 2.27. The Kier molecular flexibility index (Phi) is 3.98. The topological polar surface area (TPSA) is 93.3 Å². The fraction of sp³-hybridized carbons (Fsp3) is 0.667. The van der Waals surface area contributed by atoms with Crippen LogP contribution in [-0.4, -0.2) is 41.4 Å². The summed E-state index contributed by atoms with van der Waals surface area (Å²) < 4.78 is 5.03. The van der Waals surface area contributed by atoms with Crippen LogP contribution in [0, 0.1) is 6.92 Å². The molecule has 0 radical (unpaired) electrons. The summed E-state index contributed by atoms with van der Waals surface area (Å²) in [6.07, 6.45) is 2.26. The molecule has 1 aromatic rings. The summed E-state index contributed by atoms with van der Waals surface area (Å²) in [5.41, 5.74) is 6.71. The van der Waals surface area contributed by atoms with Gasteiger partial charge in [-0.2, -0.15) is 0 Å². The van der Waals surface area contributed by atoms with Crippen LogP contribution in [0.15, 0.2) is 0 Å². The van der Waals surface area contributed by atoms with Gasteiger partial charge in [-0.15, -0.1) is 0 Å². The molecule has 1 atom stereocenters. The largest absolute Gasteiger partial charge is 0.394 e. The van der Waals surface area contributed by atoms with Gasteiger partial charge in [0.1, 0.15) is 17.5 Å². The van der Waals surface area contributed by atoms with E-state index >= 15 is 0 Å². The predicted octanol–water partition coefficient (Wildman–Crippen LogP) is 0.664. The number of aromatic nitrogens is 2. The van der Waals surface area contributed by atoms with E-state index in [1.807, 2.05) is 6.92 Å². The normalized spacial score (nSPS) is 16.6. The van der Waals surface area contributed by atoms with Gasteiger partial charge < -0.3 is 20.9 Å². The van der Waals surface area contributed by atoms with Crippen LogP contribution in [0.4, 0.5) is 11.6 Å². The fourth-order valence-electron chi connectivity index (χ4n) is 1.75. The van der Waals surface area contributed by atoms with E-state index in [1.54, 1.807) is 7.11 Å². The molecule has 0 bridgehead atoms. The summed E-state index contributed by atoms with van der Waals surface area (Å²) in [4.78, 5) is 8.80. The lowest BCUT2D eigenvalue weighted by Gasteiger charge is -2.18. The van der Waals surface area contributed by atoms with Crippen LogP contribution in [0.2, 0.25) is 0 Å². The number of nitrogen functional groups attached to an aromatic ring is 1. The third-order valence-corrected chi connectivity index (χ3v) is 3.07. The summed E-state index contributed by atoms with van der Waals surface area (Å²) in [5.74, 6) is 2.45. The van der Waals surface area contributed by atoms with E-state index in [0.29, 0.717) is 24.2 Å². The van der Waals surface area contributed by atoms with E-state index in [9.17, 15) is 5.11 Å². The fourth-order valence-corrected chi connectivity index (χ4v) is 1.75. The average Bonchev–Trinajstić information content (AvgIpc) is 3.18. The van der Waals surface area contributed by atoms with Crippen molar-refractivity contribution in [1.82, 2.24) is 9.97 Å². The van der Waals surface area contributed by atoms with E-state index in [1.165, 1.54) is 0 Å². The van der Waals surface area contributed by atoms with Crippen LogP contribution >= 0.6 is 0 Å². The van der Waals surface area contributed by atoms with E-state index in [0.717, 1.165) is 24.2 Å². The zero-order valence-corrected chi connectivity index (χ0v) is 10.8. The first-order chi connectivity index (χ1) is 8.65. The molecule has 0 aliphatic heterocycles. The van der Waals surface area contributed by atoms with Crippen LogP contribution in [0.1, 0.15) is 30.1 Å². The predicted molar refractivity (Wildman–Crippen MR) is 69.5 cm³/mol. The molecular weight excluding hydrogens is 232 g/mol. The van der Waals surface area contributed by atoms with Crippen molar-refractivity contribution >= 4 is 11.6 Å². The first kappa shape index (κ1) is 13.0. The van der Waals surface area contributed by atoms with E-state index in [2.05, 4.69) is 15.3 Å². The first-order valence-electron chi connectivity index (χ1n) is 6.16. The zero-order valence-electron chi connectivity index (χ0n) is 10.8. The minimum Gasteiger partial charge on any atom is -0.394 e. The van der Waals surface area contributed by atoms with Gasteiger partial charge in [0.2, 0.25) is 0 Å². The molecule has 6 heteroatoms. The molecule has 6 nitrogen and oxygen atoms in total. The molecule has 4 N–H and O–H groups in total. The van der Waals surface area contributed by atoms with Gasteiger partial charge in [0.25, 0.3) is 0 Å². The number of methoxy groups -OCH3 is 1. The quantitative estimate of drug-likeness (QED) is 0.689. The number of hydrogen-bond donors (Lipinski definition) is 3. The molecule has 1 heterocycles. The molecule has 2 rings (SSSR count). The lowest BCUT2D eigenvalue weighted by atomic mass is 10.2. The van der Waals surface area contributed by atoms with E-state index in [-0.39, 0.29) is 12.6 Å². The van der Waals surface area contributed by atoms with Gasteiger partial charge in [0.15, 0.2) is 0 Å². The molecule has 1 aliphatic rings. The molecule has 1 saturated carbocycles. The third-order valence-electron chi connectivity index (χ3n) is 3.07. The molecule has 0 amide bonds. The highest BCUT2D eigenvalue weighted by Crippen LogP contribution is 2.39. The van der Waals surface area contributed by atoms with Crippen molar-refractivity contribution in [2.75, 3.05) is 31.4 Å². The Morgan fingerprint density at radius 1 is 1.50 bits per heavy atom. The van der Waals surface area contributed by atoms with Gasteiger partial charge in [0, 0.05) is 18.6 Å². The number of nitrogens with zero attached hydrogens (tertiary/aromatic N) is 2. The van der Waals surface area contributed by atoms with Crippen LogP contribution in [0.25, 0.3) is 0 Å². The minimum absolute atomic E-state index is 0.0179. The Balaban J connectivity index is 2.19. The van der Waals surface area contributed by atoms with Crippen molar-refractivity contribution in [2.45, 2.75) is 31.7 Å². The number of rotatable bonds is 6. The highest BCUT2D eigenvalue weighted by Gasteiger charge is 2.28. The summed E-state index contributed by atoms with van der Waals surface area (Å²) in [6, 6.07) is -0.185. The number of nitrogens with one attached hydrogen (secondary N) is 1. The number of anilines is 2. The Labute approximate surface area is 107 Å². The maximum Gasteiger partial charge on any atom is 0.136 e. The van der Waals surface area contributed by atoms with Crippen molar-refractivity contribution in [2.24, 2.45) is 0 Å². The first-order valence-corrected chi connectivity index (χ1v) is 6.16. The number of ether oxygens (including phenoxy) is 1. The Morgan fingerprint density at radius 2 is 2.22 bits per heavy atom. The Morgan fingerprint density at radius 3 is 2.78 bits per heavy atom. The number of hydrogen-bond acceptors (Lipinski definition) is 6. The molecule has 1 fully saturated rings. The van der Waals surface area contributed by atoms with E-state index < -0.39 is 0 Å². The maximum absolute atomic E-state index is 9.25. The lowest BCUT2D eigenvalue weighted by molar-refractivity contribution is 0.153. The smallest absolute Gasteiger partial charge is 0.136 e. The van der Waals surface area contributed by atoms with Gasteiger partial charge in [-0.3, -0.25) is 0 Å². The van der Waals surface area contributed by atoms with Crippen LogP contribution in [-0.2, 0) is 4.74 Å². The van der Waals surface area contributed by atoms with Crippen molar-refractivity contribution in [3.63, 3.8) is 0 Å². The van der Waals surface area contributed by atoms with Gasteiger partial charge in [0.05, 0.1) is 19.3 Å². The van der Waals surface area contributed by atoms with E-state index in [4.69, 9.17) is 10.5 Å². The standard InChI is InChI=1S/C12H20N4O2/c1-7-10(13)15-12(8-3-4-8)16-11(7)14-9(5-17)6-18-2/h8-9,17H,3-6H2,1-2H3,(H3,13,14,15,16). The minimum atomic E-state index is -0.185. The molecule has 1 unspecified atom stereocenters. The molecule has 0 saturated heterocycles. The summed E-state index contributed by atoms with van der Waals surface area (Å²) in [7, 11) is 1.60. The molecule has 0 aromatic carbocycles. The zero-order chi connectivity index (χ0) is 13.1. The molecule has 0 spiro atoms. The van der Waals surface area contributed by atoms with Crippen LogP contribution in [0.5, 0.6) is 0 Å². The molecule has 1 aliphatic carbocycles. The van der Waals surface area contributed by atoms with Crippen molar-refractivity contribution in [3.05, 3.63) is 11.4 Å². The number of aliphatic hydroxyl groups excluding tert-OH is 1. The Hall–Kier alpha value is -1.40. The van der Waals surface area contributed by atoms with Crippen molar-refractivity contribution < 1.29 is 9.84 Å². The van der Waals surface area contributed by atoms with Crippen LogP contribution in [0.3, 0.4) is 0 Å². The second-order valence-corrected chi connectivity index (χ2v) is 4.69. The Bertz CT molecular complexity index is 421. The second-order valence-electron chi connectivity index (χ2n) is 4.69. The van der Waals surface area contributed by atoms with Crippen molar-refractivity contribution in [3.8, 4) is 0 Å². The monoisotopic (exact) mass is 252 g/mol. The third kappa shape index (κ3) is 2.88. The van der Waals surface area contributed by atoms with Gasteiger partial charge >= 0.3 is 0 Å². The molecular formula is C12H20N4O2. The van der Waals surface area contributed by atoms with Gasteiger partial charge in [-0.05, 0) is 19.8 Å².